The fourth-order valence-electron chi connectivity index (χ4n) is 12.2. The third kappa shape index (κ3) is 6.83. The zero-order chi connectivity index (χ0) is 42.6. The Labute approximate surface area is 357 Å². The summed E-state index contributed by atoms with van der Waals surface area (Å²) in [5.41, 5.74) is 3.67. The number of fused-ring (bicyclic) bond motifs is 4. The van der Waals surface area contributed by atoms with Gasteiger partial charge in [0.1, 0.15) is 17.0 Å². The molecular weight excluding hydrogens is 773 g/mol. The number of tetrazole rings is 1. The third-order valence-corrected chi connectivity index (χ3v) is 15.5. The Hall–Kier alpha value is -5.11. The third-order valence-electron chi connectivity index (χ3n) is 15.5. The number of H-pyrrole nitrogens is 1. The van der Waals surface area contributed by atoms with Crippen molar-refractivity contribution in [3.63, 3.8) is 0 Å². The number of nitrogens with zero attached hydrogens (tertiary/aromatic N) is 7. The summed E-state index contributed by atoms with van der Waals surface area (Å²) in [6.45, 7) is 9.58. The molecule has 61 heavy (non-hydrogen) atoms. The Morgan fingerprint density at radius 1 is 1.00 bits per heavy atom. The number of aryl methyl sites for hydroxylation is 2. The molecule has 14 heteroatoms. The molecule has 14 nitrogen and oxygen atoms in total. The lowest BCUT2D eigenvalue weighted by atomic mass is 9.43. The van der Waals surface area contributed by atoms with Gasteiger partial charge in [-0.25, -0.2) is 9.67 Å². The lowest BCUT2D eigenvalue weighted by Crippen LogP contribution is -2.63. The average Bonchev–Trinajstić information content (AvgIpc) is 3.71. The van der Waals surface area contributed by atoms with E-state index in [1.165, 1.54) is 7.11 Å². The summed E-state index contributed by atoms with van der Waals surface area (Å²) < 4.78 is 20.0. The molecular formula is C47H58N8O6. The number of hydrogen-bond donors (Lipinski definition) is 1. The standard InChI is InChI=1S/C24H30O6.C23H28N8/c1-21-7-4-14(25)10-13(21)11-15(20(27)28-3)19-16-5-8-23(9-6-18(26)30-23)22(16,2)12-17-24(19,21)29-17;1-3-5-11-21-25-22(12-6-4-2)31(28-21)16-17-13-14-20(24-15-17)18-9-7-8-10-19(18)23-26-29-30-27-23/h10,15-17,19H,4-9,11-12H2,1-3H3;7-10,13-15H,3-6,11-12,16H2,1-2H3,(H,26,27,29,30)/t15-,16+,17-,19+,21+,22+,23-,24-;/m1./s1. The molecule has 322 valence electrons. The van der Waals surface area contributed by atoms with E-state index in [9.17, 15) is 14.4 Å². The maximum absolute atomic E-state index is 13.0. The van der Waals surface area contributed by atoms with Gasteiger partial charge in [0.25, 0.3) is 0 Å². The first-order valence-electron chi connectivity index (χ1n) is 22.4. The molecule has 8 atom stereocenters. The van der Waals surface area contributed by atoms with E-state index in [0.717, 1.165) is 110 Å². The van der Waals surface area contributed by atoms with E-state index in [4.69, 9.17) is 29.3 Å². The highest BCUT2D eigenvalue weighted by Gasteiger charge is 2.83. The lowest BCUT2D eigenvalue weighted by molar-refractivity contribution is -0.172. The number of carbonyl (C=O) groups excluding carboxylic acids is 3. The number of ketones is 1. The van der Waals surface area contributed by atoms with Crippen molar-refractivity contribution < 1.29 is 28.6 Å². The zero-order valence-electron chi connectivity index (χ0n) is 36.1. The smallest absolute Gasteiger partial charge is 0.309 e. The minimum absolute atomic E-state index is 0.0303. The molecule has 5 fully saturated rings. The number of rotatable bonds is 11. The summed E-state index contributed by atoms with van der Waals surface area (Å²) >= 11 is 0. The molecule has 4 aliphatic carbocycles. The molecule has 4 aromatic rings. The van der Waals surface area contributed by atoms with Crippen LogP contribution in [0.25, 0.3) is 22.6 Å². The monoisotopic (exact) mass is 830 g/mol. The van der Waals surface area contributed by atoms with Crippen LogP contribution in [-0.4, -0.2) is 82.5 Å². The maximum atomic E-state index is 13.0. The van der Waals surface area contributed by atoms with Crippen molar-refractivity contribution in [3.8, 4) is 22.6 Å². The molecule has 10 rings (SSSR count). The summed E-state index contributed by atoms with van der Waals surface area (Å²) in [5, 5.41) is 19.2. The first kappa shape index (κ1) is 41.3. The molecule has 3 saturated carbocycles. The molecule has 3 aromatic heterocycles. The van der Waals surface area contributed by atoms with Gasteiger partial charge >= 0.3 is 11.9 Å². The van der Waals surface area contributed by atoms with Crippen LogP contribution in [0.2, 0.25) is 0 Å². The van der Waals surface area contributed by atoms with E-state index >= 15 is 0 Å². The van der Waals surface area contributed by atoms with E-state index in [0.29, 0.717) is 31.6 Å². The van der Waals surface area contributed by atoms with E-state index in [2.05, 4.69) is 54.4 Å². The Morgan fingerprint density at radius 3 is 2.51 bits per heavy atom. The van der Waals surface area contributed by atoms with Gasteiger partial charge in [-0.3, -0.25) is 19.4 Å². The van der Waals surface area contributed by atoms with Gasteiger partial charge in [0, 0.05) is 59.8 Å². The van der Waals surface area contributed by atoms with Crippen LogP contribution < -0.4 is 0 Å². The largest absolute Gasteiger partial charge is 0.469 e. The number of aromatic nitrogens is 8. The first-order chi connectivity index (χ1) is 29.5. The summed E-state index contributed by atoms with van der Waals surface area (Å²) in [6, 6.07) is 12.1. The number of aromatic amines is 1. The number of ether oxygens (including phenoxy) is 3. The van der Waals surface area contributed by atoms with Crippen molar-refractivity contribution in [3.05, 3.63) is 71.5 Å². The summed E-state index contributed by atoms with van der Waals surface area (Å²) in [6.07, 6.45) is 16.0. The molecule has 0 bridgehead atoms. The number of carbonyl (C=O) groups is 3. The Bertz CT molecular complexity index is 2330. The fourth-order valence-corrected chi connectivity index (χ4v) is 12.2. The van der Waals surface area contributed by atoms with Gasteiger partial charge in [-0.05, 0) is 80.2 Å². The highest BCUT2D eigenvalue weighted by Crippen LogP contribution is 2.78. The number of unbranched alkanes of at least 4 members (excludes halogenated alkanes) is 2. The van der Waals surface area contributed by atoms with Crippen molar-refractivity contribution in [2.24, 2.45) is 28.6 Å². The van der Waals surface area contributed by atoms with Crippen LogP contribution in [0.4, 0.5) is 0 Å². The van der Waals surface area contributed by atoms with Gasteiger partial charge in [-0.15, -0.1) is 10.2 Å². The lowest BCUT2D eigenvalue weighted by Gasteiger charge is -2.58. The predicted molar refractivity (Wildman–Crippen MR) is 224 cm³/mol. The number of nitrogens with one attached hydrogen (secondary N) is 1. The number of methoxy groups -OCH3 is 1. The van der Waals surface area contributed by atoms with Crippen molar-refractivity contribution in [2.75, 3.05) is 7.11 Å². The second-order valence-electron chi connectivity index (χ2n) is 18.6. The number of esters is 2. The van der Waals surface area contributed by atoms with Crippen molar-refractivity contribution in [1.29, 1.82) is 0 Å². The molecule has 0 unspecified atom stereocenters. The van der Waals surface area contributed by atoms with Gasteiger partial charge in [0.15, 0.2) is 11.6 Å². The van der Waals surface area contributed by atoms with E-state index in [-0.39, 0.29) is 52.4 Å². The molecule has 2 spiro atoms. The number of epoxide rings is 1. The maximum Gasteiger partial charge on any atom is 0.309 e. The van der Waals surface area contributed by atoms with Crippen molar-refractivity contribution >= 4 is 17.7 Å². The van der Waals surface area contributed by atoms with Crippen molar-refractivity contribution in [2.45, 2.75) is 141 Å². The quantitative estimate of drug-likeness (QED) is 0.117. The van der Waals surface area contributed by atoms with Crippen molar-refractivity contribution in [1.82, 2.24) is 40.4 Å². The molecule has 1 aromatic carbocycles. The van der Waals surface area contributed by atoms with E-state index in [1.54, 1.807) is 6.08 Å². The molecule has 2 aliphatic heterocycles. The van der Waals surface area contributed by atoms with Gasteiger partial charge < -0.3 is 14.2 Å². The summed E-state index contributed by atoms with van der Waals surface area (Å²) in [5.74, 6) is 2.38. The minimum Gasteiger partial charge on any atom is -0.469 e. The molecule has 2 saturated heterocycles. The SMILES string of the molecule is CCCCc1nc(CCCC)n(Cc2ccc(-c3ccccc3-c3nn[nH]n3)nc2)n1.COC(=O)[C@@H]1CC2=CC(=O)CC[C@]2(C)[C@@]23O[C@@H]2C[C@@]2(C)[C@@H](CC[C@@]24CCC(=O)O4)[C@H]13. The molecule has 6 aliphatic rings. The minimum atomic E-state index is -0.424. The molecule has 5 heterocycles. The molecule has 0 amide bonds. The van der Waals surface area contributed by atoms with Gasteiger partial charge in [0.05, 0.1) is 31.4 Å². The Balaban J connectivity index is 0.000000156. The predicted octanol–water partition coefficient (Wildman–Crippen LogP) is 7.38. The molecule has 1 N–H and O–H groups in total. The highest BCUT2D eigenvalue weighted by molar-refractivity contribution is 5.92. The number of pyridine rings is 1. The highest BCUT2D eigenvalue weighted by atomic mass is 16.6. The van der Waals surface area contributed by atoms with Crippen LogP contribution in [0.3, 0.4) is 0 Å². The normalized spacial score (nSPS) is 31.9. The number of benzene rings is 1. The molecule has 0 radical (unpaired) electrons. The fraction of sp³-hybridized carbons (Fsp3) is 0.596. The Kier molecular flexibility index (Phi) is 10.8. The van der Waals surface area contributed by atoms with Crippen LogP contribution >= 0.6 is 0 Å². The van der Waals surface area contributed by atoms with Gasteiger partial charge in [-0.2, -0.15) is 10.3 Å². The van der Waals surface area contributed by atoms with Crippen LogP contribution in [-0.2, 0) is 48.0 Å². The van der Waals surface area contributed by atoms with E-state index in [1.807, 2.05) is 41.2 Å². The van der Waals surface area contributed by atoms with Crippen LogP contribution in [0.5, 0.6) is 0 Å². The second-order valence-corrected chi connectivity index (χ2v) is 18.6. The number of hydrogen-bond acceptors (Lipinski definition) is 12. The van der Waals surface area contributed by atoms with Crippen LogP contribution in [0, 0.1) is 28.6 Å². The zero-order valence-corrected chi connectivity index (χ0v) is 36.1. The second kappa shape index (κ2) is 16.0. The Morgan fingerprint density at radius 2 is 1.80 bits per heavy atom. The summed E-state index contributed by atoms with van der Waals surface area (Å²) in [4.78, 5) is 46.9. The van der Waals surface area contributed by atoms with Gasteiger partial charge in [0.2, 0.25) is 5.82 Å². The van der Waals surface area contributed by atoms with Crippen LogP contribution in [0.1, 0.15) is 122 Å². The van der Waals surface area contributed by atoms with Gasteiger partial charge in [-0.1, -0.05) is 76.4 Å². The summed E-state index contributed by atoms with van der Waals surface area (Å²) in [7, 11) is 1.45. The topological polar surface area (TPSA) is 180 Å². The van der Waals surface area contributed by atoms with Crippen LogP contribution in [0.15, 0.2) is 54.2 Å². The van der Waals surface area contributed by atoms with E-state index < -0.39 is 11.2 Å². The first-order valence-corrected chi connectivity index (χ1v) is 22.4. The average molecular weight is 831 g/mol.